The Labute approximate surface area is 228 Å². The lowest BCUT2D eigenvalue weighted by atomic mass is 10.0. The molecule has 0 saturated carbocycles. The molecule has 0 spiro atoms. The monoisotopic (exact) mass is 521 g/mol. The lowest BCUT2D eigenvalue weighted by Gasteiger charge is -2.18. The number of allylic oxidation sites excluding steroid dienone is 1. The van der Waals surface area contributed by atoms with E-state index in [9.17, 15) is 14.4 Å². The van der Waals surface area contributed by atoms with Gasteiger partial charge < -0.3 is 16.0 Å². The van der Waals surface area contributed by atoms with Crippen molar-refractivity contribution in [3.63, 3.8) is 0 Å². The van der Waals surface area contributed by atoms with Crippen LogP contribution in [0.5, 0.6) is 0 Å². The van der Waals surface area contributed by atoms with Gasteiger partial charge in [-0.3, -0.25) is 14.4 Å². The molecule has 0 fully saturated rings. The van der Waals surface area contributed by atoms with Crippen LogP contribution < -0.4 is 16.0 Å². The Morgan fingerprint density at radius 1 is 0.595 bits per heavy atom. The van der Waals surface area contributed by atoms with Crippen LogP contribution in [0.15, 0.2) is 12.2 Å². The molecule has 6 heteroatoms. The number of hydrogen-bond acceptors (Lipinski definition) is 3. The number of carbonyl (C=O) groups is 3. The van der Waals surface area contributed by atoms with Gasteiger partial charge in [-0.15, -0.1) is 0 Å². The SMILES string of the molecule is CCCCCCCCCCCCCC/C=C/CC(=O)N[C@@H](CCC(=O)NCCCC)C(=O)NCCCC. The Bertz CT molecular complexity index is 592. The van der Waals surface area contributed by atoms with Gasteiger partial charge in [-0.1, -0.05) is 116 Å². The third kappa shape index (κ3) is 24.3. The van der Waals surface area contributed by atoms with Crippen molar-refractivity contribution in [3.05, 3.63) is 12.2 Å². The fourth-order valence-electron chi connectivity index (χ4n) is 4.21. The van der Waals surface area contributed by atoms with Crippen LogP contribution in [0.4, 0.5) is 0 Å². The fraction of sp³-hybridized carbons (Fsp3) is 0.839. The maximum Gasteiger partial charge on any atom is 0.242 e. The second-order valence-corrected chi connectivity index (χ2v) is 10.4. The summed E-state index contributed by atoms with van der Waals surface area (Å²) in [4.78, 5) is 37.1. The minimum absolute atomic E-state index is 0.0728. The first kappa shape index (κ1) is 35.2. The van der Waals surface area contributed by atoms with E-state index < -0.39 is 6.04 Å². The molecule has 1 atom stereocenters. The molecule has 0 aromatic rings. The topological polar surface area (TPSA) is 87.3 Å². The zero-order valence-electron chi connectivity index (χ0n) is 24.5. The highest BCUT2D eigenvalue weighted by Gasteiger charge is 2.21. The first-order chi connectivity index (χ1) is 18.0. The summed E-state index contributed by atoms with van der Waals surface area (Å²) in [5, 5.41) is 8.59. The molecule has 3 amide bonds. The van der Waals surface area contributed by atoms with Crippen LogP contribution >= 0.6 is 0 Å². The van der Waals surface area contributed by atoms with Crippen LogP contribution in [-0.2, 0) is 14.4 Å². The number of unbranched alkanes of at least 4 members (excludes halogenated alkanes) is 14. The number of carbonyl (C=O) groups excluding carboxylic acids is 3. The summed E-state index contributed by atoms with van der Waals surface area (Å²) in [6.45, 7) is 7.64. The normalized spacial score (nSPS) is 12.0. The average molecular weight is 522 g/mol. The van der Waals surface area contributed by atoms with Crippen molar-refractivity contribution in [2.45, 2.75) is 155 Å². The van der Waals surface area contributed by atoms with Gasteiger partial charge in [0.15, 0.2) is 0 Å². The predicted octanol–water partition coefficient (Wildman–Crippen LogP) is 7.12. The maximum absolute atomic E-state index is 12.6. The third-order valence-corrected chi connectivity index (χ3v) is 6.69. The van der Waals surface area contributed by atoms with E-state index in [0.717, 1.165) is 38.5 Å². The van der Waals surface area contributed by atoms with Gasteiger partial charge in [-0.05, 0) is 32.1 Å². The number of nitrogens with one attached hydrogen (secondary N) is 3. The van der Waals surface area contributed by atoms with Crippen molar-refractivity contribution < 1.29 is 14.4 Å². The summed E-state index contributed by atoms with van der Waals surface area (Å²) < 4.78 is 0. The Morgan fingerprint density at radius 3 is 1.68 bits per heavy atom. The number of hydrogen-bond donors (Lipinski definition) is 3. The van der Waals surface area contributed by atoms with E-state index in [2.05, 4.69) is 42.8 Å². The fourth-order valence-corrected chi connectivity index (χ4v) is 4.21. The van der Waals surface area contributed by atoms with E-state index >= 15 is 0 Å². The lowest BCUT2D eigenvalue weighted by Crippen LogP contribution is -2.47. The lowest BCUT2D eigenvalue weighted by molar-refractivity contribution is -0.129. The molecule has 0 aromatic heterocycles. The molecule has 216 valence electrons. The van der Waals surface area contributed by atoms with E-state index in [1.807, 2.05) is 6.08 Å². The van der Waals surface area contributed by atoms with Gasteiger partial charge in [0.1, 0.15) is 6.04 Å². The van der Waals surface area contributed by atoms with E-state index in [1.165, 1.54) is 70.6 Å². The van der Waals surface area contributed by atoms with Crippen molar-refractivity contribution in [1.29, 1.82) is 0 Å². The molecular weight excluding hydrogens is 462 g/mol. The minimum atomic E-state index is -0.675. The Hall–Kier alpha value is -1.85. The highest BCUT2D eigenvalue weighted by Crippen LogP contribution is 2.12. The van der Waals surface area contributed by atoms with Gasteiger partial charge in [0.2, 0.25) is 17.7 Å². The summed E-state index contributed by atoms with van der Waals surface area (Å²) in [6, 6.07) is -0.675. The van der Waals surface area contributed by atoms with E-state index in [1.54, 1.807) is 0 Å². The quantitative estimate of drug-likeness (QED) is 0.0836. The largest absolute Gasteiger partial charge is 0.356 e. The molecule has 0 aromatic carbocycles. The average Bonchev–Trinajstić information content (AvgIpc) is 2.89. The van der Waals surface area contributed by atoms with Crippen LogP contribution in [0.2, 0.25) is 0 Å². The summed E-state index contributed by atoms with van der Waals surface area (Å²) in [6.07, 6.45) is 25.7. The standard InChI is InChI=1S/C31H59N3O3/c1-4-7-10-11-12-13-14-15-16-17-18-19-20-21-22-23-30(36)34-28(31(37)33-27-9-6-3)24-25-29(35)32-26-8-5-2/h21-22,28H,4-20,23-27H2,1-3H3,(H,32,35)(H,33,37)(H,34,36)/b22-21+/t28-/m0/s1. The number of amides is 3. The van der Waals surface area contributed by atoms with E-state index in [0.29, 0.717) is 19.5 Å². The van der Waals surface area contributed by atoms with Crippen LogP contribution in [0.1, 0.15) is 149 Å². The minimum Gasteiger partial charge on any atom is -0.356 e. The van der Waals surface area contributed by atoms with Gasteiger partial charge in [0.05, 0.1) is 0 Å². The van der Waals surface area contributed by atoms with Crippen molar-refractivity contribution in [1.82, 2.24) is 16.0 Å². The summed E-state index contributed by atoms with van der Waals surface area (Å²) in [7, 11) is 0. The van der Waals surface area contributed by atoms with Crippen LogP contribution in [-0.4, -0.2) is 36.9 Å². The van der Waals surface area contributed by atoms with Gasteiger partial charge in [0.25, 0.3) is 0 Å². The van der Waals surface area contributed by atoms with Gasteiger partial charge >= 0.3 is 0 Å². The molecule has 0 saturated heterocycles. The molecular formula is C31H59N3O3. The number of rotatable bonds is 26. The molecule has 0 bridgehead atoms. The zero-order chi connectivity index (χ0) is 27.4. The van der Waals surface area contributed by atoms with Crippen molar-refractivity contribution >= 4 is 17.7 Å². The predicted molar refractivity (Wildman–Crippen MR) is 156 cm³/mol. The maximum atomic E-state index is 12.6. The Morgan fingerprint density at radius 2 is 1.11 bits per heavy atom. The Balaban J connectivity index is 4.07. The first-order valence-corrected chi connectivity index (χ1v) is 15.5. The third-order valence-electron chi connectivity index (χ3n) is 6.69. The summed E-state index contributed by atoms with van der Waals surface area (Å²) in [5.41, 5.74) is 0. The summed E-state index contributed by atoms with van der Waals surface area (Å²) >= 11 is 0. The molecule has 0 aliphatic rings. The van der Waals surface area contributed by atoms with Crippen LogP contribution in [0, 0.1) is 0 Å². The smallest absolute Gasteiger partial charge is 0.242 e. The second-order valence-electron chi connectivity index (χ2n) is 10.4. The summed E-state index contributed by atoms with van der Waals surface area (Å²) in [5.74, 6) is -0.451. The molecule has 0 unspecified atom stereocenters. The molecule has 0 rings (SSSR count). The van der Waals surface area contributed by atoms with Gasteiger partial charge in [-0.25, -0.2) is 0 Å². The molecule has 0 radical (unpaired) electrons. The first-order valence-electron chi connectivity index (χ1n) is 15.5. The highest BCUT2D eigenvalue weighted by atomic mass is 16.2. The van der Waals surface area contributed by atoms with Crippen LogP contribution in [0.25, 0.3) is 0 Å². The molecule has 6 nitrogen and oxygen atoms in total. The molecule has 37 heavy (non-hydrogen) atoms. The van der Waals surface area contributed by atoms with Crippen molar-refractivity contribution in [2.24, 2.45) is 0 Å². The molecule has 3 N–H and O–H groups in total. The van der Waals surface area contributed by atoms with Crippen LogP contribution in [0.3, 0.4) is 0 Å². The molecule has 0 aliphatic heterocycles. The molecule has 0 aliphatic carbocycles. The van der Waals surface area contributed by atoms with Crippen molar-refractivity contribution in [2.75, 3.05) is 13.1 Å². The highest BCUT2D eigenvalue weighted by molar-refractivity contribution is 5.88. The van der Waals surface area contributed by atoms with E-state index in [4.69, 9.17) is 0 Å². The van der Waals surface area contributed by atoms with E-state index in [-0.39, 0.29) is 30.6 Å². The zero-order valence-corrected chi connectivity index (χ0v) is 24.5. The Kier molecular flexibility index (Phi) is 25.8. The molecule has 0 heterocycles. The van der Waals surface area contributed by atoms with Gasteiger partial charge in [0, 0.05) is 25.9 Å². The second kappa shape index (κ2) is 27.2. The van der Waals surface area contributed by atoms with Gasteiger partial charge in [-0.2, -0.15) is 0 Å². The van der Waals surface area contributed by atoms with Crippen molar-refractivity contribution in [3.8, 4) is 0 Å².